The quantitative estimate of drug-likeness (QED) is 0.505. The normalized spacial score (nSPS) is 10.4. The minimum absolute atomic E-state index is 0.0121. The van der Waals surface area contributed by atoms with Gasteiger partial charge in [-0.25, -0.2) is 9.78 Å². The van der Waals surface area contributed by atoms with Crippen LogP contribution < -0.4 is 16.2 Å². The molecule has 1 heterocycles. The van der Waals surface area contributed by atoms with Crippen molar-refractivity contribution in [3.05, 3.63) is 80.9 Å². The first-order valence-electron chi connectivity index (χ1n) is 8.19. The van der Waals surface area contributed by atoms with E-state index in [-0.39, 0.29) is 23.1 Å². The van der Waals surface area contributed by atoms with Crippen LogP contribution in [0.25, 0.3) is 10.9 Å². The summed E-state index contributed by atoms with van der Waals surface area (Å²) in [5.74, 6) is -0.723. The van der Waals surface area contributed by atoms with Crippen molar-refractivity contribution in [2.24, 2.45) is 0 Å². The maximum Gasteiger partial charge on any atom is 0.321 e. The summed E-state index contributed by atoms with van der Waals surface area (Å²) < 4.78 is 0.978. The van der Waals surface area contributed by atoms with Gasteiger partial charge in [-0.15, -0.1) is 0 Å². The third-order valence-electron chi connectivity index (χ3n) is 3.88. The molecule has 0 unspecified atom stereocenters. The predicted molar refractivity (Wildman–Crippen MR) is 99.5 cm³/mol. The lowest BCUT2D eigenvalue weighted by Gasteiger charge is -2.08. The fraction of sp³-hybridized carbons (Fsp3) is 0.111. The number of fused-ring (bicyclic) bond motifs is 1. The van der Waals surface area contributed by atoms with E-state index in [1.165, 1.54) is 12.1 Å². The Labute approximate surface area is 158 Å². The molecule has 28 heavy (non-hydrogen) atoms. The van der Waals surface area contributed by atoms with Crippen LogP contribution in [-0.2, 0) is 17.9 Å². The number of hydrogen-bond acceptors (Lipinski definition) is 6. The van der Waals surface area contributed by atoms with E-state index in [2.05, 4.69) is 15.6 Å². The lowest BCUT2D eigenvalue weighted by Crippen LogP contribution is -2.41. The predicted octanol–water partition coefficient (Wildman–Crippen LogP) is 1.33. The van der Waals surface area contributed by atoms with Crippen molar-refractivity contribution in [2.45, 2.75) is 13.1 Å². The fourth-order valence-corrected chi connectivity index (χ4v) is 2.52. The molecule has 0 spiro atoms. The zero-order valence-electron chi connectivity index (χ0n) is 14.5. The smallest absolute Gasteiger partial charge is 0.321 e. The molecular formula is C18H15N5O5. The monoisotopic (exact) mass is 381 g/mol. The van der Waals surface area contributed by atoms with E-state index in [1.54, 1.807) is 0 Å². The van der Waals surface area contributed by atoms with Crippen LogP contribution in [0.2, 0.25) is 0 Å². The van der Waals surface area contributed by atoms with Gasteiger partial charge in [0.1, 0.15) is 6.54 Å². The number of nitro benzene ring substituents is 1. The number of rotatable bonds is 5. The largest absolute Gasteiger partial charge is 0.334 e. The Kier molecular flexibility index (Phi) is 5.40. The molecule has 0 bridgehead atoms. The van der Waals surface area contributed by atoms with Gasteiger partial charge in [-0.1, -0.05) is 30.3 Å². The summed E-state index contributed by atoms with van der Waals surface area (Å²) in [7, 11) is 0. The first kappa shape index (κ1) is 18.7. The van der Waals surface area contributed by atoms with Crippen molar-refractivity contribution in [2.75, 3.05) is 0 Å². The number of aromatic nitrogens is 2. The highest BCUT2D eigenvalue weighted by Gasteiger charge is 2.13. The van der Waals surface area contributed by atoms with Crippen LogP contribution in [0.3, 0.4) is 0 Å². The molecule has 0 fully saturated rings. The highest BCUT2D eigenvalue weighted by molar-refractivity contribution is 5.94. The van der Waals surface area contributed by atoms with Crippen molar-refractivity contribution >= 4 is 28.5 Å². The van der Waals surface area contributed by atoms with Crippen LogP contribution >= 0.6 is 0 Å². The van der Waals surface area contributed by atoms with Crippen LogP contribution in [0.5, 0.6) is 0 Å². The van der Waals surface area contributed by atoms with Gasteiger partial charge in [-0.3, -0.25) is 29.6 Å². The second-order valence-electron chi connectivity index (χ2n) is 5.85. The van der Waals surface area contributed by atoms with Crippen molar-refractivity contribution in [3.63, 3.8) is 0 Å². The van der Waals surface area contributed by atoms with Crippen molar-refractivity contribution < 1.29 is 14.5 Å². The number of carbonyl (C=O) groups is 2. The number of non-ortho nitro benzene ring substituents is 1. The average molecular weight is 381 g/mol. The number of imide groups is 1. The first-order chi connectivity index (χ1) is 13.4. The molecule has 142 valence electrons. The number of amides is 3. The Morgan fingerprint density at radius 3 is 2.61 bits per heavy atom. The molecule has 3 rings (SSSR count). The zero-order chi connectivity index (χ0) is 20.1. The van der Waals surface area contributed by atoms with Gasteiger partial charge in [0.15, 0.2) is 0 Å². The molecule has 2 aromatic carbocycles. The van der Waals surface area contributed by atoms with Crippen molar-refractivity contribution in [1.29, 1.82) is 0 Å². The van der Waals surface area contributed by atoms with Gasteiger partial charge in [-0.05, 0) is 11.6 Å². The summed E-state index contributed by atoms with van der Waals surface area (Å²) in [5, 5.41) is 15.5. The summed E-state index contributed by atoms with van der Waals surface area (Å²) in [4.78, 5) is 50.6. The van der Waals surface area contributed by atoms with E-state index < -0.39 is 29.0 Å². The standard InChI is InChI=1S/C18H15N5O5/c24-16(21-18(26)19-9-12-4-2-1-3-5-12)10-22-11-20-15-7-6-13(23(27)28)8-14(15)17(22)25/h1-8,11H,9-10H2,(H2,19,21,24,26). The number of benzene rings is 2. The molecular weight excluding hydrogens is 366 g/mol. The molecule has 0 aliphatic rings. The fourth-order valence-electron chi connectivity index (χ4n) is 2.52. The Balaban J connectivity index is 1.67. The average Bonchev–Trinajstić information content (AvgIpc) is 2.69. The Morgan fingerprint density at radius 2 is 1.89 bits per heavy atom. The van der Waals surface area contributed by atoms with E-state index in [9.17, 15) is 24.5 Å². The highest BCUT2D eigenvalue weighted by atomic mass is 16.6. The number of carbonyl (C=O) groups excluding carboxylic acids is 2. The molecule has 0 aliphatic heterocycles. The third-order valence-corrected chi connectivity index (χ3v) is 3.88. The lowest BCUT2D eigenvalue weighted by molar-refractivity contribution is -0.384. The zero-order valence-corrected chi connectivity index (χ0v) is 14.5. The highest BCUT2D eigenvalue weighted by Crippen LogP contribution is 2.16. The molecule has 10 nitrogen and oxygen atoms in total. The van der Waals surface area contributed by atoms with Gasteiger partial charge < -0.3 is 5.32 Å². The Hall–Kier alpha value is -4.08. The third kappa shape index (κ3) is 4.36. The number of nitrogens with one attached hydrogen (secondary N) is 2. The molecule has 0 radical (unpaired) electrons. The molecule has 10 heteroatoms. The van der Waals surface area contributed by atoms with Gasteiger partial charge in [0.2, 0.25) is 5.91 Å². The van der Waals surface area contributed by atoms with Gasteiger partial charge >= 0.3 is 6.03 Å². The summed E-state index contributed by atoms with van der Waals surface area (Å²) in [6.45, 7) is -0.218. The minimum atomic E-state index is -0.723. The Morgan fingerprint density at radius 1 is 1.14 bits per heavy atom. The van der Waals surface area contributed by atoms with Crippen molar-refractivity contribution in [1.82, 2.24) is 20.2 Å². The van der Waals surface area contributed by atoms with Crippen LogP contribution in [0.4, 0.5) is 10.5 Å². The summed E-state index contributed by atoms with van der Waals surface area (Å²) in [6, 6.07) is 12.1. The SMILES string of the molecule is O=C(Cn1cnc2ccc([N+](=O)[O-])cc2c1=O)NC(=O)NCc1ccccc1. The maximum absolute atomic E-state index is 12.5. The van der Waals surface area contributed by atoms with Crippen LogP contribution in [-0.4, -0.2) is 26.4 Å². The van der Waals surface area contributed by atoms with E-state index >= 15 is 0 Å². The summed E-state index contributed by atoms with van der Waals surface area (Å²) >= 11 is 0. The molecule has 1 aromatic heterocycles. The number of nitro groups is 1. The van der Waals surface area contributed by atoms with Crippen molar-refractivity contribution in [3.8, 4) is 0 Å². The van der Waals surface area contributed by atoms with E-state index in [1.807, 2.05) is 30.3 Å². The van der Waals surface area contributed by atoms with E-state index in [0.29, 0.717) is 0 Å². The van der Waals surface area contributed by atoms with Gasteiger partial charge in [0.25, 0.3) is 11.2 Å². The second kappa shape index (κ2) is 8.08. The molecule has 0 atom stereocenters. The molecule has 2 N–H and O–H groups in total. The Bertz CT molecular complexity index is 1110. The van der Waals surface area contributed by atoms with Gasteiger partial charge in [0, 0.05) is 18.7 Å². The molecule has 0 saturated carbocycles. The maximum atomic E-state index is 12.5. The van der Waals surface area contributed by atoms with Gasteiger partial charge in [0.05, 0.1) is 22.2 Å². The number of hydrogen-bond donors (Lipinski definition) is 2. The first-order valence-corrected chi connectivity index (χ1v) is 8.19. The minimum Gasteiger partial charge on any atom is -0.334 e. The lowest BCUT2D eigenvalue weighted by atomic mass is 10.2. The second-order valence-corrected chi connectivity index (χ2v) is 5.85. The molecule has 3 amide bonds. The van der Waals surface area contributed by atoms with E-state index in [0.717, 1.165) is 22.5 Å². The number of urea groups is 1. The van der Waals surface area contributed by atoms with Gasteiger partial charge in [-0.2, -0.15) is 0 Å². The van der Waals surface area contributed by atoms with E-state index in [4.69, 9.17) is 0 Å². The van der Waals surface area contributed by atoms with Crippen LogP contribution in [0.15, 0.2) is 59.7 Å². The van der Waals surface area contributed by atoms with Crippen LogP contribution in [0.1, 0.15) is 5.56 Å². The molecule has 3 aromatic rings. The molecule has 0 saturated heterocycles. The summed E-state index contributed by atoms with van der Waals surface area (Å²) in [6.07, 6.45) is 1.15. The number of nitrogens with zero attached hydrogens (tertiary/aromatic N) is 3. The molecule has 0 aliphatic carbocycles. The van der Waals surface area contributed by atoms with Crippen LogP contribution in [0, 0.1) is 10.1 Å². The topological polar surface area (TPSA) is 136 Å². The summed E-state index contributed by atoms with van der Waals surface area (Å²) in [5.41, 5.74) is 0.261.